The molecule has 3 rings (SSSR count). The number of hydrogen-bond donors (Lipinski definition) is 1. The van der Waals surface area contributed by atoms with Crippen LogP contribution in [0.3, 0.4) is 0 Å². The number of ether oxygens (including phenoxy) is 2. The van der Waals surface area contributed by atoms with Crippen molar-refractivity contribution in [2.24, 2.45) is 5.73 Å². The molecule has 2 N–H and O–H groups in total. The van der Waals surface area contributed by atoms with E-state index in [9.17, 15) is 33.7 Å². The summed E-state index contributed by atoms with van der Waals surface area (Å²) in [5, 5.41) is 21.7. The first-order chi connectivity index (χ1) is 16.6. The van der Waals surface area contributed by atoms with Gasteiger partial charge in [0.25, 0.3) is 5.69 Å². The van der Waals surface area contributed by atoms with Crippen LogP contribution in [0.5, 0.6) is 0 Å². The van der Waals surface area contributed by atoms with Crippen LogP contribution in [-0.4, -0.2) is 31.1 Å². The van der Waals surface area contributed by atoms with Gasteiger partial charge in [0, 0.05) is 0 Å². The van der Waals surface area contributed by atoms with Crippen LogP contribution in [0.2, 0.25) is 0 Å². The second-order valence-electron chi connectivity index (χ2n) is 6.95. The van der Waals surface area contributed by atoms with E-state index in [4.69, 9.17) is 15.2 Å². The fourth-order valence-corrected chi connectivity index (χ4v) is 4.24. The number of nitrogens with two attached hydrogens (primary N) is 1. The number of nitro groups is 1. The molecule has 0 radical (unpaired) electrons. The third-order valence-electron chi connectivity index (χ3n) is 5.15. The van der Waals surface area contributed by atoms with E-state index >= 15 is 0 Å². The Kier molecular flexibility index (Phi) is 7.16. The van der Waals surface area contributed by atoms with Crippen molar-refractivity contribution in [2.75, 3.05) is 19.1 Å². The first kappa shape index (κ1) is 25.3. The number of anilines is 1. The minimum absolute atomic E-state index is 0.282. The summed E-state index contributed by atoms with van der Waals surface area (Å²) in [5.41, 5.74) is 3.39. The van der Waals surface area contributed by atoms with Crippen molar-refractivity contribution < 1.29 is 32.8 Å². The van der Waals surface area contributed by atoms with Crippen LogP contribution < -0.4 is 10.6 Å². The summed E-state index contributed by atoms with van der Waals surface area (Å²) in [7, 11) is 1.98. The highest BCUT2D eigenvalue weighted by atomic mass is 79.9. The highest BCUT2D eigenvalue weighted by Gasteiger charge is 2.45. The van der Waals surface area contributed by atoms with Crippen LogP contribution in [0, 0.1) is 33.1 Å². The van der Waals surface area contributed by atoms with Gasteiger partial charge in [0.15, 0.2) is 11.6 Å². The molecule has 0 aromatic heterocycles. The van der Waals surface area contributed by atoms with Crippen molar-refractivity contribution in [1.82, 2.24) is 0 Å². The number of benzene rings is 2. The van der Waals surface area contributed by atoms with Crippen LogP contribution in [0.25, 0.3) is 0 Å². The normalized spacial score (nSPS) is 15.5. The van der Waals surface area contributed by atoms with Crippen LogP contribution >= 0.6 is 15.9 Å². The van der Waals surface area contributed by atoms with E-state index in [1.165, 1.54) is 0 Å². The molecule has 1 atom stereocenters. The topological polar surface area (TPSA) is 149 Å². The van der Waals surface area contributed by atoms with Crippen LogP contribution in [-0.2, 0) is 19.1 Å². The lowest BCUT2D eigenvalue weighted by Crippen LogP contribution is -2.41. The molecular formula is C22H15BrF2N4O6. The van der Waals surface area contributed by atoms with Gasteiger partial charge in [-0.1, -0.05) is 30.3 Å². The number of allylic oxidation sites excluding steroid dienone is 1. The lowest BCUT2D eigenvalue weighted by Gasteiger charge is -2.35. The minimum atomic E-state index is -1.56. The molecule has 1 aliphatic rings. The van der Waals surface area contributed by atoms with Crippen molar-refractivity contribution >= 4 is 39.2 Å². The molecule has 2 aromatic carbocycles. The van der Waals surface area contributed by atoms with E-state index in [1.54, 1.807) is 30.3 Å². The van der Waals surface area contributed by atoms with E-state index < -0.39 is 67.4 Å². The summed E-state index contributed by atoms with van der Waals surface area (Å²) in [6.07, 6.45) is 0. The lowest BCUT2D eigenvalue weighted by atomic mass is 9.81. The Morgan fingerprint density at radius 3 is 2.31 bits per heavy atom. The van der Waals surface area contributed by atoms with Crippen molar-refractivity contribution in [3.8, 4) is 6.07 Å². The van der Waals surface area contributed by atoms with Gasteiger partial charge >= 0.3 is 11.9 Å². The third kappa shape index (κ3) is 4.19. The van der Waals surface area contributed by atoms with Crippen LogP contribution in [0.4, 0.5) is 20.2 Å². The maximum atomic E-state index is 14.6. The van der Waals surface area contributed by atoms with E-state index in [2.05, 4.69) is 15.9 Å². The Morgan fingerprint density at radius 1 is 1.20 bits per heavy atom. The summed E-state index contributed by atoms with van der Waals surface area (Å²) in [4.78, 5) is 37.3. The second kappa shape index (κ2) is 9.90. The van der Waals surface area contributed by atoms with Gasteiger partial charge in [-0.05, 0) is 21.5 Å². The highest BCUT2D eigenvalue weighted by molar-refractivity contribution is 9.10. The maximum absolute atomic E-state index is 14.6. The van der Waals surface area contributed by atoms with Gasteiger partial charge in [-0.2, -0.15) is 5.26 Å². The average molecular weight is 549 g/mol. The standard InChI is InChI=1S/C22H15BrF2N4O6/c1-34-21(30)15-14(10-6-4-3-5-7-10)11(9-26)20(27)28(19(15)22(31)35-2)18-13(29(32)33)8-12(24)17(25)16(18)23/h3-8,14H,27H2,1-2H3. The zero-order valence-corrected chi connectivity index (χ0v) is 19.6. The van der Waals surface area contributed by atoms with E-state index in [0.29, 0.717) is 10.5 Å². The van der Waals surface area contributed by atoms with Crippen molar-refractivity contribution in [2.45, 2.75) is 5.92 Å². The Bertz CT molecular complexity index is 1350. The number of nitriles is 1. The van der Waals surface area contributed by atoms with Crippen LogP contribution in [0.1, 0.15) is 11.5 Å². The molecule has 0 saturated carbocycles. The first-order valence-electron chi connectivity index (χ1n) is 9.58. The SMILES string of the molecule is COC(=O)C1=C(C(=O)OC)N(c2c([N+](=O)[O-])cc(F)c(F)c2Br)C(N)=C(C#N)C1c1ccccc1. The average Bonchev–Trinajstić information content (AvgIpc) is 2.86. The molecule has 35 heavy (non-hydrogen) atoms. The molecule has 1 unspecified atom stereocenters. The van der Waals surface area contributed by atoms with Gasteiger partial charge in [0.2, 0.25) is 0 Å². The lowest BCUT2D eigenvalue weighted by molar-refractivity contribution is -0.384. The van der Waals surface area contributed by atoms with Gasteiger partial charge in [-0.15, -0.1) is 0 Å². The van der Waals surface area contributed by atoms with Gasteiger partial charge in [-0.3, -0.25) is 15.0 Å². The number of nitro benzene ring substituents is 1. The fourth-order valence-electron chi connectivity index (χ4n) is 3.67. The molecule has 0 spiro atoms. The molecule has 0 aliphatic carbocycles. The second-order valence-corrected chi connectivity index (χ2v) is 7.74. The summed E-state index contributed by atoms with van der Waals surface area (Å²) in [6, 6.07) is 10.1. The maximum Gasteiger partial charge on any atom is 0.355 e. The number of carbonyl (C=O) groups excluding carboxylic acids is 2. The predicted octanol–water partition coefficient (Wildman–Crippen LogP) is 3.53. The highest BCUT2D eigenvalue weighted by Crippen LogP contribution is 2.48. The van der Waals surface area contributed by atoms with Crippen molar-refractivity contribution in [1.29, 1.82) is 5.26 Å². The Morgan fingerprint density at radius 2 is 1.80 bits per heavy atom. The quantitative estimate of drug-likeness (QED) is 0.256. The molecule has 1 heterocycles. The molecule has 0 fully saturated rings. The Labute approximate surface area is 205 Å². The number of rotatable bonds is 5. The molecule has 1 aliphatic heterocycles. The molecule has 0 bridgehead atoms. The molecule has 0 saturated heterocycles. The smallest absolute Gasteiger partial charge is 0.355 e. The molecule has 13 heteroatoms. The van der Waals surface area contributed by atoms with Gasteiger partial charge in [0.05, 0.1) is 52.8 Å². The molecule has 180 valence electrons. The monoisotopic (exact) mass is 548 g/mol. The van der Waals surface area contributed by atoms with E-state index in [1.807, 2.05) is 6.07 Å². The van der Waals surface area contributed by atoms with Gasteiger partial charge in [0.1, 0.15) is 17.2 Å². The van der Waals surface area contributed by atoms with Crippen molar-refractivity contribution in [3.05, 3.63) is 90.8 Å². The zero-order valence-electron chi connectivity index (χ0n) is 18.0. The largest absolute Gasteiger partial charge is 0.466 e. The number of esters is 2. The predicted molar refractivity (Wildman–Crippen MR) is 120 cm³/mol. The molecule has 2 aromatic rings. The summed E-state index contributed by atoms with van der Waals surface area (Å²) < 4.78 is 37.5. The number of nitrogens with zero attached hydrogens (tertiary/aromatic N) is 3. The van der Waals surface area contributed by atoms with E-state index in [-0.39, 0.29) is 11.6 Å². The summed E-state index contributed by atoms with van der Waals surface area (Å²) >= 11 is 2.77. The fraction of sp³-hybridized carbons (Fsp3) is 0.136. The van der Waals surface area contributed by atoms with Gasteiger partial charge in [-0.25, -0.2) is 18.4 Å². The number of carbonyl (C=O) groups is 2. The molecule has 0 amide bonds. The molecular weight excluding hydrogens is 534 g/mol. The van der Waals surface area contributed by atoms with E-state index in [0.717, 1.165) is 14.2 Å². The van der Waals surface area contributed by atoms with Crippen molar-refractivity contribution in [3.63, 3.8) is 0 Å². The summed E-state index contributed by atoms with van der Waals surface area (Å²) in [6.45, 7) is 0. The van der Waals surface area contributed by atoms with Crippen LogP contribution in [0.15, 0.2) is 63.5 Å². The number of hydrogen-bond acceptors (Lipinski definition) is 9. The Hall–Kier alpha value is -4.31. The molecule has 10 nitrogen and oxygen atoms in total. The zero-order chi connectivity index (χ0) is 26.0. The third-order valence-corrected chi connectivity index (χ3v) is 5.87. The minimum Gasteiger partial charge on any atom is -0.466 e. The summed E-state index contributed by atoms with van der Waals surface area (Å²) in [5.74, 6) is -7.20. The first-order valence-corrected chi connectivity index (χ1v) is 10.4. The van der Waals surface area contributed by atoms with Gasteiger partial charge < -0.3 is 15.2 Å². The Balaban J connectivity index is 2.56. The number of methoxy groups -OCH3 is 2. The number of halogens is 3.